The van der Waals surface area contributed by atoms with Crippen LogP contribution >= 0.6 is 0 Å². The summed E-state index contributed by atoms with van der Waals surface area (Å²) in [5.41, 5.74) is -0.338. The fourth-order valence-electron chi connectivity index (χ4n) is 2.61. The lowest BCUT2D eigenvalue weighted by molar-refractivity contribution is -0.138. The van der Waals surface area contributed by atoms with Crippen LogP contribution in [0.5, 0.6) is 0 Å². The van der Waals surface area contributed by atoms with E-state index < -0.39 is 29.3 Å². The van der Waals surface area contributed by atoms with Gasteiger partial charge in [0.1, 0.15) is 0 Å². The van der Waals surface area contributed by atoms with Crippen molar-refractivity contribution in [2.45, 2.75) is 12.4 Å². The molecule has 0 saturated carbocycles. The minimum Gasteiger partial charge on any atom is -0.289 e. The van der Waals surface area contributed by atoms with E-state index in [0.29, 0.717) is 16.8 Å². The molecule has 0 aliphatic heterocycles. The molecule has 0 spiro atoms. The number of halogens is 6. The summed E-state index contributed by atoms with van der Waals surface area (Å²) in [7, 11) is 0. The molecular weight excluding hydrogens is 408 g/mol. The predicted molar refractivity (Wildman–Crippen MR) is 99.5 cm³/mol. The van der Waals surface area contributed by atoms with Crippen LogP contribution in [0, 0.1) is 0 Å². The summed E-state index contributed by atoms with van der Waals surface area (Å²) >= 11 is 0. The Balaban J connectivity index is 1.73. The minimum absolute atomic E-state index is 0.0911. The van der Waals surface area contributed by atoms with E-state index in [-0.39, 0.29) is 5.56 Å². The molecule has 0 aliphatic carbocycles. The van der Waals surface area contributed by atoms with E-state index in [1.54, 1.807) is 24.3 Å². The lowest BCUT2D eigenvalue weighted by atomic mass is 10.0. The molecule has 30 heavy (non-hydrogen) atoms. The maximum atomic E-state index is 12.8. The zero-order chi connectivity index (χ0) is 21.9. The number of carbonyl (C=O) groups is 1. The van der Waals surface area contributed by atoms with Crippen molar-refractivity contribution in [3.8, 4) is 11.3 Å². The van der Waals surface area contributed by atoms with Gasteiger partial charge in [-0.2, -0.15) is 26.3 Å². The first-order chi connectivity index (χ1) is 14.0. The molecule has 1 heterocycles. The molecule has 0 bridgehead atoms. The van der Waals surface area contributed by atoms with Crippen molar-refractivity contribution in [2.24, 2.45) is 0 Å². The van der Waals surface area contributed by atoms with Gasteiger partial charge in [-0.15, -0.1) is 0 Å². The van der Waals surface area contributed by atoms with Crippen molar-refractivity contribution in [3.05, 3.63) is 95.2 Å². The van der Waals surface area contributed by atoms with Crippen LogP contribution in [0.3, 0.4) is 0 Å². The normalized spacial score (nSPS) is 12.3. The number of allylic oxidation sites excluding steroid dienone is 1. The first-order valence-corrected chi connectivity index (χ1v) is 8.57. The summed E-state index contributed by atoms with van der Waals surface area (Å²) in [5.74, 6) is -0.588. The number of aromatic nitrogens is 1. The lowest BCUT2D eigenvalue weighted by Crippen LogP contribution is -2.06. The van der Waals surface area contributed by atoms with Gasteiger partial charge in [-0.25, -0.2) is 0 Å². The third kappa shape index (κ3) is 5.14. The maximum absolute atomic E-state index is 12.8. The average molecular weight is 421 g/mol. The highest BCUT2D eigenvalue weighted by molar-refractivity contribution is 6.06. The Hall–Kier alpha value is -3.42. The van der Waals surface area contributed by atoms with Gasteiger partial charge in [0.05, 0.1) is 16.8 Å². The molecule has 0 amide bonds. The van der Waals surface area contributed by atoms with Crippen molar-refractivity contribution in [1.82, 2.24) is 4.98 Å². The number of nitrogens with zero attached hydrogens (tertiary/aromatic N) is 1. The molecule has 0 aliphatic rings. The largest absolute Gasteiger partial charge is 0.417 e. The number of alkyl halides is 6. The van der Waals surface area contributed by atoms with E-state index in [1.807, 2.05) is 0 Å². The predicted octanol–water partition coefficient (Wildman–Crippen LogP) is 6.68. The molecule has 154 valence electrons. The van der Waals surface area contributed by atoms with Gasteiger partial charge in [0.2, 0.25) is 0 Å². The van der Waals surface area contributed by atoms with E-state index in [0.717, 1.165) is 36.5 Å². The molecule has 8 heteroatoms. The molecule has 0 unspecified atom stereocenters. The van der Waals surface area contributed by atoms with Gasteiger partial charge < -0.3 is 0 Å². The summed E-state index contributed by atoms with van der Waals surface area (Å²) in [6.45, 7) is 0. The number of rotatable bonds is 4. The standard InChI is InChI=1S/C22H13F6NO/c23-21(24,25)17-3-1-2-16(12-17)20(30)11-6-14-4-7-15(8-5-14)19-10-9-18(13-29-19)22(26,27)28/h1-13H. The third-order valence-corrected chi connectivity index (χ3v) is 4.20. The molecule has 1 aromatic heterocycles. The van der Waals surface area contributed by atoms with Gasteiger partial charge in [0, 0.05) is 17.3 Å². The Labute approximate surface area is 167 Å². The fraction of sp³-hybridized carbons (Fsp3) is 0.0909. The number of pyridine rings is 1. The summed E-state index contributed by atoms with van der Waals surface area (Å²) in [6.07, 6.45) is -5.67. The molecule has 3 aromatic rings. The van der Waals surface area contributed by atoms with Crippen LogP contribution in [0.2, 0.25) is 0 Å². The van der Waals surface area contributed by atoms with E-state index in [4.69, 9.17) is 0 Å². The second-order valence-corrected chi connectivity index (χ2v) is 6.33. The Kier molecular flexibility index (Phi) is 5.78. The van der Waals surface area contributed by atoms with Gasteiger partial charge in [-0.1, -0.05) is 42.5 Å². The van der Waals surface area contributed by atoms with Gasteiger partial charge in [-0.05, 0) is 35.9 Å². The van der Waals surface area contributed by atoms with Crippen LogP contribution in [0.1, 0.15) is 27.0 Å². The Morgan fingerprint density at radius 2 is 1.47 bits per heavy atom. The minimum atomic E-state index is -4.54. The van der Waals surface area contributed by atoms with Crippen LogP contribution in [0.4, 0.5) is 26.3 Å². The lowest BCUT2D eigenvalue weighted by Gasteiger charge is -2.07. The highest BCUT2D eigenvalue weighted by Gasteiger charge is 2.31. The second-order valence-electron chi connectivity index (χ2n) is 6.33. The zero-order valence-electron chi connectivity index (χ0n) is 15.1. The van der Waals surface area contributed by atoms with Crippen LogP contribution in [0.15, 0.2) is 72.9 Å². The fourth-order valence-corrected chi connectivity index (χ4v) is 2.61. The van der Waals surface area contributed by atoms with E-state index in [2.05, 4.69) is 4.98 Å². The van der Waals surface area contributed by atoms with Gasteiger partial charge in [0.15, 0.2) is 5.78 Å². The molecular formula is C22H13F6NO. The molecule has 0 N–H and O–H groups in total. The monoisotopic (exact) mass is 421 g/mol. The number of carbonyl (C=O) groups excluding carboxylic acids is 1. The number of ketones is 1. The number of hydrogen-bond acceptors (Lipinski definition) is 2. The average Bonchev–Trinajstić information content (AvgIpc) is 2.71. The van der Waals surface area contributed by atoms with Crippen LogP contribution in [-0.4, -0.2) is 10.8 Å². The molecule has 0 atom stereocenters. The zero-order valence-corrected chi connectivity index (χ0v) is 15.1. The third-order valence-electron chi connectivity index (χ3n) is 4.20. The van der Waals surface area contributed by atoms with Crippen molar-refractivity contribution in [1.29, 1.82) is 0 Å². The highest BCUT2D eigenvalue weighted by Crippen LogP contribution is 2.30. The molecule has 2 nitrogen and oxygen atoms in total. The van der Waals surface area contributed by atoms with E-state index >= 15 is 0 Å². The SMILES string of the molecule is O=C(C=Cc1ccc(-c2ccc(C(F)(F)F)cn2)cc1)c1cccc(C(F)(F)F)c1. The molecule has 3 rings (SSSR count). The number of benzene rings is 2. The molecule has 0 saturated heterocycles. The highest BCUT2D eigenvalue weighted by atomic mass is 19.4. The van der Waals surface area contributed by atoms with Crippen molar-refractivity contribution < 1.29 is 31.1 Å². The summed E-state index contributed by atoms with van der Waals surface area (Å²) in [4.78, 5) is 15.9. The second kappa shape index (κ2) is 8.14. The smallest absolute Gasteiger partial charge is 0.289 e. The van der Waals surface area contributed by atoms with Crippen molar-refractivity contribution >= 4 is 11.9 Å². The first-order valence-electron chi connectivity index (χ1n) is 8.57. The van der Waals surface area contributed by atoms with Crippen molar-refractivity contribution in [2.75, 3.05) is 0 Å². The van der Waals surface area contributed by atoms with Crippen molar-refractivity contribution in [3.63, 3.8) is 0 Å². The number of hydrogen-bond donors (Lipinski definition) is 0. The summed E-state index contributed by atoms with van der Waals surface area (Å²) in [6, 6.07) is 12.8. The summed E-state index contributed by atoms with van der Waals surface area (Å²) in [5, 5.41) is 0. The Bertz CT molecular complexity index is 1060. The van der Waals surface area contributed by atoms with Crippen LogP contribution < -0.4 is 0 Å². The van der Waals surface area contributed by atoms with Crippen LogP contribution in [0.25, 0.3) is 17.3 Å². The summed E-state index contributed by atoms with van der Waals surface area (Å²) < 4.78 is 76.0. The molecule has 0 fully saturated rings. The van der Waals surface area contributed by atoms with Gasteiger partial charge in [0.25, 0.3) is 0 Å². The first kappa shape index (κ1) is 21.3. The van der Waals surface area contributed by atoms with Gasteiger partial charge >= 0.3 is 12.4 Å². The van der Waals surface area contributed by atoms with Crippen LogP contribution in [-0.2, 0) is 12.4 Å². The molecule has 0 radical (unpaired) electrons. The Morgan fingerprint density at radius 1 is 0.800 bits per heavy atom. The van der Waals surface area contributed by atoms with E-state index in [9.17, 15) is 31.1 Å². The molecule has 2 aromatic carbocycles. The quantitative estimate of drug-likeness (QED) is 0.267. The Morgan fingerprint density at radius 3 is 2.03 bits per heavy atom. The van der Waals surface area contributed by atoms with E-state index in [1.165, 1.54) is 18.2 Å². The topological polar surface area (TPSA) is 30.0 Å². The maximum Gasteiger partial charge on any atom is 0.417 e. The van der Waals surface area contributed by atoms with Gasteiger partial charge in [-0.3, -0.25) is 9.78 Å².